The summed E-state index contributed by atoms with van der Waals surface area (Å²) in [6, 6.07) is 13.8. The van der Waals surface area contributed by atoms with Crippen molar-refractivity contribution in [2.24, 2.45) is 0 Å². The number of aryl methyl sites for hydroxylation is 2. The van der Waals surface area contributed by atoms with Crippen LogP contribution in [0, 0.1) is 13.8 Å². The molecule has 0 aliphatic rings. The number of hydrogen-bond donors (Lipinski definition) is 0. The Labute approximate surface area is 148 Å². The molecule has 2 heteroatoms. The van der Waals surface area contributed by atoms with Crippen molar-refractivity contribution in [3.63, 3.8) is 0 Å². The van der Waals surface area contributed by atoms with E-state index in [1.165, 1.54) is 0 Å². The maximum absolute atomic E-state index is 12.8. The van der Waals surface area contributed by atoms with Crippen LogP contribution in [0.1, 0.15) is 54.7 Å². The number of hydrogen-bond acceptors (Lipinski definition) is 2. The molecule has 0 spiro atoms. The van der Waals surface area contributed by atoms with Crippen LogP contribution in [0.5, 0.6) is 0 Å². The maximum Gasteiger partial charge on any atom is 0.193 e. The van der Waals surface area contributed by atoms with Gasteiger partial charge in [0.05, 0.1) is 5.39 Å². The van der Waals surface area contributed by atoms with Gasteiger partial charge in [-0.15, -0.1) is 0 Å². The zero-order valence-electron chi connectivity index (χ0n) is 15.5. The van der Waals surface area contributed by atoms with Gasteiger partial charge in [0.15, 0.2) is 5.43 Å². The van der Waals surface area contributed by atoms with E-state index in [-0.39, 0.29) is 11.3 Å². The molecule has 0 bridgehead atoms. The van der Waals surface area contributed by atoms with E-state index in [1.807, 2.05) is 38.1 Å². The normalized spacial score (nSPS) is 12.2. The number of fused-ring (bicyclic) bond motifs is 1. The molecule has 3 rings (SSSR count). The molecule has 2 nitrogen and oxygen atoms in total. The molecule has 0 saturated heterocycles. The van der Waals surface area contributed by atoms with Crippen molar-refractivity contribution in [3.05, 3.63) is 86.8 Å². The molecule has 0 saturated carbocycles. The van der Waals surface area contributed by atoms with Crippen molar-refractivity contribution >= 4 is 16.5 Å². The summed E-state index contributed by atoms with van der Waals surface area (Å²) in [5, 5.41) is 0.660. The van der Waals surface area contributed by atoms with Crippen LogP contribution in [-0.2, 0) is 0 Å². The zero-order chi connectivity index (χ0) is 18.1. The Balaban J connectivity index is 2.31. The largest absolute Gasteiger partial charge is 0.456 e. The quantitative estimate of drug-likeness (QED) is 0.590. The van der Waals surface area contributed by atoms with E-state index in [4.69, 9.17) is 4.42 Å². The summed E-state index contributed by atoms with van der Waals surface area (Å²) < 4.78 is 6.28. The van der Waals surface area contributed by atoms with Gasteiger partial charge in [0, 0.05) is 11.6 Å². The predicted molar refractivity (Wildman–Crippen MR) is 105 cm³/mol. The first-order valence-electron chi connectivity index (χ1n) is 8.73. The molecule has 2 aromatic carbocycles. The first-order chi connectivity index (χ1) is 11.9. The monoisotopic (exact) mass is 332 g/mol. The van der Waals surface area contributed by atoms with E-state index >= 15 is 0 Å². The molecule has 0 unspecified atom stereocenters. The van der Waals surface area contributed by atoms with Crippen molar-refractivity contribution < 1.29 is 4.42 Å². The van der Waals surface area contributed by atoms with Gasteiger partial charge in [0.25, 0.3) is 0 Å². The molecule has 0 aliphatic heterocycles. The molecular formula is C23H24O2. The van der Waals surface area contributed by atoms with E-state index in [0.717, 1.165) is 27.8 Å². The molecule has 25 heavy (non-hydrogen) atoms. The maximum atomic E-state index is 12.8. The summed E-state index contributed by atoms with van der Waals surface area (Å²) in [6.45, 7) is 10.3. The molecule has 0 fully saturated rings. The standard InChI is InChI=1S/C23H24O2/c1-6-17(18-10-8-7-9-16(18)5)22-13-21(24)20-12-15(4)11-19(14(2)3)23(20)25-22/h6-14H,1-5H3/b17-6+. The molecule has 0 amide bonds. The molecule has 3 aromatic rings. The Kier molecular flexibility index (Phi) is 4.63. The minimum Gasteiger partial charge on any atom is -0.456 e. The smallest absolute Gasteiger partial charge is 0.193 e. The van der Waals surface area contributed by atoms with Gasteiger partial charge in [-0.1, -0.05) is 50.3 Å². The summed E-state index contributed by atoms with van der Waals surface area (Å²) in [4.78, 5) is 12.8. The van der Waals surface area contributed by atoms with E-state index in [2.05, 4.69) is 39.0 Å². The molecule has 0 aliphatic carbocycles. The third-order valence-corrected chi connectivity index (χ3v) is 4.61. The second kappa shape index (κ2) is 6.72. The van der Waals surface area contributed by atoms with Crippen molar-refractivity contribution in [1.29, 1.82) is 0 Å². The van der Waals surface area contributed by atoms with Crippen LogP contribution in [0.15, 0.2) is 57.8 Å². The Hall–Kier alpha value is -2.61. The molecular weight excluding hydrogens is 308 g/mol. The minimum atomic E-state index is 0.00906. The lowest BCUT2D eigenvalue weighted by atomic mass is 9.96. The Morgan fingerprint density at radius 2 is 1.80 bits per heavy atom. The van der Waals surface area contributed by atoms with Crippen LogP contribution in [0.2, 0.25) is 0 Å². The van der Waals surface area contributed by atoms with Gasteiger partial charge in [-0.3, -0.25) is 4.79 Å². The van der Waals surface area contributed by atoms with E-state index < -0.39 is 0 Å². The van der Waals surface area contributed by atoms with Crippen LogP contribution in [-0.4, -0.2) is 0 Å². The topological polar surface area (TPSA) is 30.2 Å². The van der Waals surface area contributed by atoms with Crippen LogP contribution in [0.4, 0.5) is 0 Å². The summed E-state index contributed by atoms with van der Waals surface area (Å²) in [6.07, 6.45) is 2.01. The third kappa shape index (κ3) is 3.17. The summed E-state index contributed by atoms with van der Waals surface area (Å²) in [5.74, 6) is 0.911. The molecule has 1 heterocycles. The fraction of sp³-hybridized carbons (Fsp3) is 0.261. The van der Waals surface area contributed by atoms with Crippen molar-refractivity contribution in [2.45, 2.75) is 40.5 Å². The van der Waals surface area contributed by atoms with Crippen molar-refractivity contribution in [3.8, 4) is 0 Å². The van der Waals surface area contributed by atoms with Crippen molar-refractivity contribution in [1.82, 2.24) is 0 Å². The highest BCUT2D eigenvalue weighted by Crippen LogP contribution is 2.31. The highest BCUT2D eigenvalue weighted by molar-refractivity contribution is 5.85. The lowest BCUT2D eigenvalue weighted by molar-refractivity contribution is 0.579. The van der Waals surface area contributed by atoms with Gasteiger partial charge >= 0.3 is 0 Å². The molecule has 0 N–H and O–H groups in total. The predicted octanol–water partition coefficient (Wildman–Crippen LogP) is 5.98. The Bertz CT molecular complexity index is 1020. The lowest BCUT2D eigenvalue weighted by Crippen LogP contribution is -2.05. The second-order valence-electron chi connectivity index (χ2n) is 6.88. The molecule has 1 aromatic heterocycles. The molecule has 0 atom stereocenters. The fourth-order valence-corrected chi connectivity index (χ4v) is 3.30. The number of benzene rings is 2. The van der Waals surface area contributed by atoms with Crippen LogP contribution in [0.3, 0.4) is 0 Å². The molecule has 0 radical (unpaired) electrons. The number of allylic oxidation sites excluding steroid dienone is 1. The van der Waals surface area contributed by atoms with Crippen LogP contribution < -0.4 is 5.43 Å². The van der Waals surface area contributed by atoms with Gasteiger partial charge in [-0.05, 0) is 55.0 Å². The SMILES string of the molecule is C/C=C(/c1cc(=O)c2cc(C)cc(C(C)C)c2o1)c1ccccc1C. The average Bonchev–Trinajstić information content (AvgIpc) is 2.57. The van der Waals surface area contributed by atoms with Crippen LogP contribution >= 0.6 is 0 Å². The van der Waals surface area contributed by atoms with E-state index in [0.29, 0.717) is 16.7 Å². The van der Waals surface area contributed by atoms with Crippen LogP contribution in [0.25, 0.3) is 16.5 Å². The van der Waals surface area contributed by atoms with E-state index in [1.54, 1.807) is 6.07 Å². The minimum absolute atomic E-state index is 0.00906. The lowest BCUT2D eigenvalue weighted by Gasteiger charge is -2.14. The second-order valence-corrected chi connectivity index (χ2v) is 6.88. The van der Waals surface area contributed by atoms with E-state index in [9.17, 15) is 4.79 Å². The van der Waals surface area contributed by atoms with Gasteiger partial charge in [0.1, 0.15) is 11.3 Å². The van der Waals surface area contributed by atoms with Gasteiger partial charge in [-0.2, -0.15) is 0 Å². The highest BCUT2D eigenvalue weighted by atomic mass is 16.3. The number of rotatable bonds is 3. The molecule has 128 valence electrons. The average molecular weight is 332 g/mol. The summed E-state index contributed by atoms with van der Waals surface area (Å²) in [5.41, 5.74) is 6.07. The summed E-state index contributed by atoms with van der Waals surface area (Å²) in [7, 11) is 0. The Morgan fingerprint density at radius 1 is 1.08 bits per heavy atom. The fourth-order valence-electron chi connectivity index (χ4n) is 3.30. The summed E-state index contributed by atoms with van der Waals surface area (Å²) >= 11 is 0. The van der Waals surface area contributed by atoms with Gasteiger partial charge in [0.2, 0.25) is 0 Å². The van der Waals surface area contributed by atoms with Gasteiger partial charge in [-0.25, -0.2) is 0 Å². The highest BCUT2D eigenvalue weighted by Gasteiger charge is 2.16. The third-order valence-electron chi connectivity index (χ3n) is 4.61. The Morgan fingerprint density at radius 3 is 2.44 bits per heavy atom. The zero-order valence-corrected chi connectivity index (χ0v) is 15.5. The first kappa shape index (κ1) is 17.2. The van der Waals surface area contributed by atoms with Gasteiger partial charge < -0.3 is 4.42 Å². The van der Waals surface area contributed by atoms with Crippen molar-refractivity contribution in [2.75, 3.05) is 0 Å². The first-order valence-corrected chi connectivity index (χ1v) is 8.73.